The van der Waals surface area contributed by atoms with Gasteiger partial charge in [0, 0.05) is 6.54 Å². The molecule has 1 aromatic carbocycles. The molecule has 0 aromatic heterocycles. The smallest absolute Gasteiger partial charge is 0.261 e. The molecule has 2 unspecified atom stereocenters. The quantitative estimate of drug-likeness (QED) is 0.747. The van der Waals surface area contributed by atoms with Gasteiger partial charge in [0.25, 0.3) is 5.91 Å². The standard InChI is InChI=1S/C15H21NO4/c1-5-8-16-15(18)11(3)20-13-7-6-12(10(2)17)9-14(13)19-4/h5-7,9-11,17H,1,8H2,2-4H3,(H,16,18). The second-order valence-corrected chi connectivity index (χ2v) is 4.38. The summed E-state index contributed by atoms with van der Waals surface area (Å²) >= 11 is 0. The lowest BCUT2D eigenvalue weighted by atomic mass is 10.1. The Morgan fingerprint density at radius 2 is 2.15 bits per heavy atom. The lowest BCUT2D eigenvalue weighted by Crippen LogP contribution is -2.36. The van der Waals surface area contributed by atoms with Gasteiger partial charge in [0.1, 0.15) is 0 Å². The van der Waals surface area contributed by atoms with Crippen LogP contribution in [0.15, 0.2) is 30.9 Å². The van der Waals surface area contributed by atoms with E-state index in [4.69, 9.17) is 9.47 Å². The maximum atomic E-state index is 11.7. The Hall–Kier alpha value is -2.01. The highest BCUT2D eigenvalue weighted by Crippen LogP contribution is 2.30. The minimum atomic E-state index is -0.652. The Morgan fingerprint density at radius 3 is 2.70 bits per heavy atom. The number of amides is 1. The van der Waals surface area contributed by atoms with Crippen molar-refractivity contribution in [2.24, 2.45) is 0 Å². The minimum Gasteiger partial charge on any atom is -0.493 e. The summed E-state index contributed by atoms with van der Waals surface area (Å²) in [6, 6.07) is 5.10. The first-order chi connectivity index (χ1) is 9.49. The Bertz CT molecular complexity index is 471. The average molecular weight is 279 g/mol. The summed E-state index contributed by atoms with van der Waals surface area (Å²) in [6.45, 7) is 7.24. The molecule has 1 aromatic rings. The molecule has 0 fully saturated rings. The monoisotopic (exact) mass is 279 g/mol. The number of hydrogen-bond acceptors (Lipinski definition) is 4. The second kappa shape index (κ2) is 7.55. The molecule has 110 valence electrons. The predicted molar refractivity (Wildman–Crippen MR) is 76.9 cm³/mol. The highest BCUT2D eigenvalue weighted by atomic mass is 16.5. The number of aliphatic hydroxyl groups excluding tert-OH is 1. The number of hydrogen-bond donors (Lipinski definition) is 2. The summed E-state index contributed by atoms with van der Waals surface area (Å²) in [7, 11) is 1.51. The number of carbonyl (C=O) groups excluding carboxylic acids is 1. The van der Waals surface area contributed by atoms with Gasteiger partial charge in [0.05, 0.1) is 13.2 Å². The number of ether oxygens (including phenoxy) is 2. The SMILES string of the molecule is C=CCNC(=O)C(C)Oc1ccc(C(C)O)cc1OC. The largest absolute Gasteiger partial charge is 0.493 e. The van der Waals surface area contributed by atoms with Crippen LogP contribution in [0, 0.1) is 0 Å². The van der Waals surface area contributed by atoms with Crippen LogP contribution in [-0.4, -0.2) is 30.8 Å². The van der Waals surface area contributed by atoms with Crippen LogP contribution in [0.25, 0.3) is 0 Å². The van der Waals surface area contributed by atoms with E-state index in [-0.39, 0.29) is 5.91 Å². The Balaban J connectivity index is 2.81. The molecule has 2 atom stereocenters. The number of nitrogens with one attached hydrogen (secondary N) is 1. The van der Waals surface area contributed by atoms with Crippen molar-refractivity contribution in [1.82, 2.24) is 5.32 Å². The zero-order valence-electron chi connectivity index (χ0n) is 12.1. The number of aliphatic hydroxyl groups is 1. The molecule has 0 spiro atoms. The van der Waals surface area contributed by atoms with Gasteiger partial charge in [-0.15, -0.1) is 6.58 Å². The summed E-state index contributed by atoms with van der Waals surface area (Å²) in [5.74, 6) is 0.705. The van der Waals surface area contributed by atoms with Crippen LogP contribution in [0.2, 0.25) is 0 Å². The van der Waals surface area contributed by atoms with E-state index in [9.17, 15) is 9.90 Å². The molecule has 5 heteroatoms. The molecule has 1 amide bonds. The maximum absolute atomic E-state index is 11.7. The molecule has 0 bridgehead atoms. The number of methoxy groups -OCH3 is 1. The summed E-state index contributed by atoms with van der Waals surface area (Å²) in [5, 5.41) is 12.2. The summed E-state index contributed by atoms with van der Waals surface area (Å²) in [5.41, 5.74) is 0.720. The third-order valence-corrected chi connectivity index (χ3v) is 2.76. The van der Waals surface area contributed by atoms with Crippen molar-refractivity contribution in [2.45, 2.75) is 26.1 Å². The van der Waals surface area contributed by atoms with E-state index in [1.807, 2.05) is 0 Å². The van der Waals surface area contributed by atoms with Crippen LogP contribution in [-0.2, 0) is 4.79 Å². The van der Waals surface area contributed by atoms with E-state index >= 15 is 0 Å². The van der Waals surface area contributed by atoms with Gasteiger partial charge in [-0.25, -0.2) is 0 Å². The molecule has 0 saturated heterocycles. The lowest BCUT2D eigenvalue weighted by molar-refractivity contribution is -0.127. The van der Waals surface area contributed by atoms with Crippen LogP contribution >= 0.6 is 0 Å². The van der Waals surface area contributed by atoms with Gasteiger partial charge in [0.15, 0.2) is 17.6 Å². The summed E-state index contributed by atoms with van der Waals surface area (Å²) < 4.78 is 10.8. The first kappa shape index (κ1) is 16.0. The third-order valence-electron chi connectivity index (χ3n) is 2.76. The first-order valence-electron chi connectivity index (χ1n) is 6.40. The summed E-state index contributed by atoms with van der Waals surface area (Å²) in [4.78, 5) is 11.7. The Morgan fingerprint density at radius 1 is 1.45 bits per heavy atom. The van der Waals surface area contributed by atoms with Crippen molar-refractivity contribution in [1.29, 1.82) is 0 Å². The second-order valence-electron chi connectivity index (χ2n) is 4.38. The van der Waals surface area contributed by atoms with Gasteiger partial charge in [-0.3, -0.25) is 4.79 Å². The molecule has 20 heavy (non-hydrogen) atoms. The minimum absolute atomic E-state index is 0.230. The zero-order chi connectivity index (χ0) is 15.1. The van der Waals surface area contributed by atoms with Gasteiger partial charge in [0.2, 0.25) is 0 Å². The first-order valence-corrected chi connectivity index (χ1v) is 6.40. The molecule has 0 aliphatic carbocycles. The molecule has 2 N–H and O–H groups in total. The fourth-order valence-corrected chi connectivity index (χ4v) is 1.60. The topological polar surface area (TPSA) is 67.8 Å². The van der Waals surface area contributed by atoms with Crippen LogP contribution in [0.5, 0.6) is 11.5 Å². The number of rotatable bonds is 7. The molecule has 0 aliphatic rings. The number of benzene rings is 1. The molecule has 0 heterocycles. The van der Waals surface area contributed by atoms with Crippen molar-refractivity contribution in [2.75, 3.05) is 13.7 Å². The van der Waals surface area contributed by atoms with Crippen molar-refractivity contribution in [3.63, 3.8) is 0 Å². The highest BCUT2D eigenvalue weighted by Gasteiger charge is 2.16. The van der Waals surface area contributed by atoms with Crippen molar-refractivity contribution in [3.8, 4) is 11.5 Å². The summed E-state index contributed by atoms with van der Waals surface area (Å²) in [6.07, 6.45) is 0.357. The van der Waals surface area contributed by atoms with E-state index in [0.29, 0.717) is 18.0 Å². The Labute approximate surface area is 119 Å². The number of carbonyl (C=O) groups is 1. The molecular weight excluding hydrogens is 258 g/mol. The van der Waals surface area contributed by atoms with E-state index in [1.165, 1.54) is 7.11 Å². The third kappa shape index (κ3) is 4.28. The lowest BCUT2D eigenvalue weighted by Gasteiger charge is -2.17. The van der Waals surface area contributed by atoms with E-state index in [2.05, 4.69) is 11.9 Å². The van der Waals surface area contributed by atoms with Crippen LogP contribution in [0.3, 0.4) is 0 Å². The molecule has 1 rings (SSSR count). The Kier molecular flexibility index (Phi) is 6.06. The van der Waals surface area contributed by atoms with Gasteiger partial charge >= 0.3 is 0 Å². The normalized spacial score (nSPS) is 13.2. The van der Waals surface area contributed by atoms with Gasteiger partial charge in [-0.1, -0.05) is 12.1 Å². The van der Waals surface area contributed by atoms with Crippen LogP contribution < -0.4 is 14.8 Å². The molecule has 0 radical (unpaired) electrons. The van der Waals surface area contributed by atoms with Gasteiger partial charge in [-0.2, -0.15) is 0 Å². The molecule has 0 aliphatic heterocycles. The van der Waals surface area contributed by atoms with E-state index < -0.39 is 12.2 Å². The molecule has 0 saturated carbocycles. The average Bonchev–Trinajstić information content (AvgIpc) is 2.44. The maximum Gasteiger partial charge on any atom is 0.261 e. The van der Waals surface area contributed by atoms with E-state index in [1.54, 1.807) is 38.1 Å². The zero-order valence-corrected chi connectivity index (χ0v) is 12.1. The highest BCUT2D eigenvalue weighted by molar-refractivity contribution is 5.80. The van der Waals surface area contributed by atoms with Crippen LogP contribution in [0.4, 0.5) is 0 Å². The van der Waals surface area contributed by atoms with Crippen molar-refractivity contribution in [3.05, 3.63) is 36.4 Å². The van der Waals surface area contributed by atoms with Crippen molar-refractivity contribution >= 4 is 5.91 Å². The fourth-order valence-electron chi connectivity index (χ4n) is 1.60. The van der Waals surface area contributed by atoms with Crippen LogP contribution in [0.1, 0.15) is 25.5 Å². The van der Waals surface area contributed by atoms with Gasteiger partial charge in [-0.05, 0) is 31.5 Å². The van der Waals surface area contributed by atoms with Gasteiger partial charge < -0.3 is 19.9 Å². The molecule has 5 nitrogen and oxygen atoms in total. The van der Waals surface area contributed by atoms with E-state index in [0.717, 1.165) is 5.56 Å². The fraction of sp³-hybridized carbons (Fsp3) is 0.400. The van der Waals surface area contributed by atoms with Crippen molar-refractivity contribution < 1.29 is 19.4 Å². The predicted octanol–water partition coefficient (Wildman–Crippen LogP) is 1.82. The molecular formula is C15H21NO4.